The topological polar surface area (TPSA) is 50.1 Å². The van der Waals surface area contributed by atoms with Crippen LogP contribution in [0.2, 0.25) is 0 Å². The number of hydrogen-bond acceptors (Lipinski definition) is 3. The number of benzene rings is 5. The Labute approximate surface area is 205 Å². The summed E-state index contributed by atoms with van der Waals surface area (Å²) in [6.45, 7) is 0. The molecular formula is C32H25NO2. The van der Waals surface area contributed by atoms with E-state index in [0.29, 0.717) is 5.56 Å². The first kappa shape index (κ1) is 22.4. The van der Waals surface area contributed by atoms with Crippen molar-refractivity contribution in [2.75, 3.05) is 7.11 Å². The fraction of sp³-hybridized carbons (Fsp3) is 0.125. The molecule has 5 aromatic rings. The average molecular weight is 456 g/mol. The van der Waals surface area contributed by atoms with Crippen molar-refractivity contribution in [2.45, 2.75) is 18.3 Å². The quantitative estimate of drug-likeness (QED) is 0.237. The fourth-order valence-electron chi connectivity index (χ4n) is 4.86. The minimum atomic E-state index is -0.487. The number of hydrogen-bond donors (Lipinski definition) is 0. The van der Waals surface area contributed by atoms with Crippen LogP contribution in [-0.2, 0) is 0 Å². The lowest BCUT2D eigenvalue weighted by molar-refractivity contribution is 0.0972. The highest BCUT2D eigenvalue weighted by Gasteiger charge is 2.29. The monoisotopic (exact) mass is 455 g/mol. The molecule has 0 aliphatic carbocycles. The molecular weight excluding hydrogens is 430 g/mol. The van der Waals surface area contributed by atoms with Crippen LogP contribution in [-0.4, -0.2) is 12.9 Å². The van der Waals surface area contributed by atoms with Gasteiger partial charge in [0.2, 0.25) is 0 Å². The van der Waals surface area contributed by atoms with Gasteiger partial charge in [-0.15, -0.1) is 0 Å². The lowest BCUT2D eigenvalue weighted by Gasteiger charge is -2.24. The van der Waals surface area contributed by atoms with E-state index in [9.17, 15) is 10.1 Å². The molecule has 0 aliphatic heterocycles. The van der Waals surface area contributed by atoms with Crippen molar-refractivity contribution in [1.82, 2.24) is 0 Å². The zero-order chi connectivity index (χ0) is 24.2. The third-order valence-electron chi connectivity index (χ3n) is 6.72. The second kappa shape index (κ2) is 9.83. The molecule has 170 valence electrons. The van der Waals surface area contributed by atoms with Gasteiger partial charge in [0.05, 0.1) is 19.1 Å². The van der Waals surface area contributed by atoms with Gasteiger partial charge in [0.1, 0.15) is 5.75 Å². The predicted octanol–water partition coefficient (Wildman–Crippen LogP) is 7.67. The number of rotatable bonds is 7. The van der Waals surface area contributed by atoms with E-state index in [4.69, 9.17) is 4.74 Å². The lowest BCUT2D eigenvalue weighted by Crippen LogP contribution is -2.15. The molecule has 3 heteroatoms. The summed E-state index contributed by atoms with van der Waals surface area (Å²) in [5, 5.41) is 14.7. The molecule has 0 heterocycles. The molecule has 0 saturated carbocycles. The maximum Gasteiger partial charge on any atom is 0.163 e. The third kappa shape index (κ3) is 4.52. The van der Waals surface area contributed by atoms with Gasteiger partial charge in [0, 0.05) is 17.9 Å². The van der Waals surface area contributed by atoms with Gasteiger partial charge >= 0.3 is 0 Å². The molecule has 5 rings (SSSR count). The van der Waals surface area contributed by atoms with Crippen LogP contribution < -0.4 is 4.74 Å². The van der Waals surface area contributed by atoms with Gasteiger partial charge in [-0.1, -0.05) is 91.0 Å². The van der Waals surface area contributed by atoms with Crippen molar-refractivity contribution in [3.63, 3.8) is 0 Å². The summed E-state index contributed by atoms with van der Waals surface area (Å²) in [6.07, 6.45) is 0.228. The zero-order valence-corrected chi connectivity index (χ0v) is 19.5. The largest absolute Gasteiger partial charge is 0.497 e. The second-order valence-electron chi connectivity index (χ2n) is 8.74. The van der Waals surface area contributed by atoms with E-state index in [1.165, 1.54) is 0 Å². The molecule has 0 radical (unpaired) electrons. The first-order valence-corrected chi connectivity index (χ1v) is 11.7. The maximum absolute atomic E-state index is 13.6. The van der Waals surface area contributed by atoms with Crippen molar-refractivity contribution in [1.29, 1.82) is 5.26 Å². The molecule has 0 fully saturated rings. The summed E-state index contributed by atoms with van der Waals surface area (Å²) in [5.74, 6) is -0.0290. The van der Waals surface area contributed by atoms with Crippen LogP contribution in [0.5, 0.6) is 5.75 Å². The number of methoxy groups -OCH3 is 1. The number of ether oxygens (including phenoxy) is 1. The van der Waals surface area contributed by atoms with Crippen LogP contribution in [0.25, 0.3) is 21.5 Å². The van der Waals surface area contributed by atoms with Gasteiger partial charge in [-0.05, 0) is 50.9 Å². The van der Waals surface area contributed by atoms with Crippen molar-refractivity contribution < 1.29 is 9.53 Å². The molecule has 2 unspecified atom stereocenters. The zero-order valence-electron chi connectivity index (χ0n) is 19.5. The van der Waals surface area contributed by atoms with Crippen molar-refractivity contribution >= 4 is 27.3 Å². The number of ketones is 1. The van der Waals surface area contributed by atoms with E-state index in [1.54, 1.807) is 7.11 Å². The van der Waals surface area contributed by atoms with Gasteiger partial charge in [-0.3, -0.25) is 4.79 Å². The average Bonchev–Trinajstić information content (AvgIpc) is 2.92. The van der Waals surface area contributed by atoms with Crippen molar-refractivity contribution in [3.8, 4) is 11.8 Å². The molecule has 0 N–H and O–H groups in total. The van der Waals surface area contributed by atoms with Crippen LogP contribution in [0.3, 0.4) is 0 Å². The highest BCUT2D eigenvalue weighted by Crippen LogP contribution is 2.39. The normalized spacial score (nSPS) is 12.7. The van der Waals surface area contributed by atoms with E-state index < -0.39 is 5.92 Å². The van der Waals surface area contributed by atoms with Gasteiger partial charge in [0.25, 0.3) is 0 Å². The molecule has 0 bridgehead atoms. The summed E-state index contributed by atoms with van der Waals surface area (Å²) in [7, 11) is 1.63. The Morgan fingerprint density at radius 2 is 1.49 bits per heavy atom. The molecule has 0 aromatic heterocycles. The van der Waals surface area contributed by atoms with E-state index in [2.05, 4.69) is 18.2 Å². The van der Waals surface area contributed by atoms with E-state index >= 15 is 0 Å². The number of nitriles is 1. The van der Waals surface area contributed by atoms with Crippen molar-refractivity contribution in [3.05, 3.63) is 126 Å². The Bertz CT molecular complexity index is 1540. The number of carbonyl (C=O) groups excluding carboxylic acids is 1. The van der Waals surface area contributed by atoms with Gasteiger partial charge in [-0.25, -0.2) is 0 Å². The molecule has 0 spiro atoms. The number of Topliss-reactive ketones (excluding diaryl/α,β-unsaturated/α-hetero) is 1. The minimum absolute atomic E-state index is 0.0251. The summed E-state index contributed by atoms with van der Waals surface area (Å²) < 4.78 is 5.34. The summed E-state index contributed by atoms with van der Waals surface area (Å²) in [5.41, 5.74) is 2.55. The molecule has 35 heavy (non-hydrogen) atoms. The Hall–Kier alpha value is -4.42. The van der Waals surface area contributed by atoms with E-state index in [1.807, 2.05) is 97.1 Å². The maximum atomic E-state index is 13.6. The minimum Gasteiger partial charge on any atom is -0.497 e. The lowest BCUT2D eigenvalue weighted by atomic mass is 9.77. The van der Waals surface area contributed by atoms with Crippen LogP contribution in [0.15, 0.2) is 109 Å². The number of fused-ring (bicyclic) bond motifs is 2. The highest BCUT2D eigenvalue weighted by molar-refractivity contribution is 6.00. The fourth-order valence-corrected chi connectivity index (χ4v) is 4.86. The molecule has 5 aromatic carbocycles. The standard InChI is InChI=1S/C32H25NO2/c1-35-27-17-15-24(16-18-27)30(20-32(34)26-14-13-22-7-2-3-9-25(22)19-26)31(21-33)29-12-6-10-23-8-4-5-11-28(23)29/h2-19,30-31H,20H2,1H3. The van der Waals surface area contributed by atoms with Crippen molar-refractivity contribution in [2.24, 2.45) is 0 Å². The second-order valence-corrected chi connectivity index (χ2v) is 8.74. The third-order valence-corrected chi connectivity index (χ3v) is 6.72. The molecule has 3 nitrogen and oxygen atoms in total. The van der Waals surface area contributed by atoms with Crippen LogP contribution in [0, 0.1) is 11.3 Å². The highest BCUT2D eigenvalue weighted by atomic mass is 16.5. The van der Waals surface area contributed by atoms with E-state index in [-0.39, 0.29) is 18.1 Å². The molecule has 0 aliphatic rings. The van der Waals surface area contributed by atoms with Gasteiger partial charge < -0.3 is 4.74 Å². The Kier molecular flexibility index (Phi) is 6.28. The molecule has 0 saturated heterocycles. The first-order valence-electron chi connectivity index (χ1n) is 11.7. The van der Waals surface area contributed by atoms with Crippen LogP contribution >= 0.6 is 0 Å². The van der Waals surface area contributed by atoms with Crippen LogP contribution in [0.1, 0.15) is 39.7 Å². The SMILES string of the molecule is COc1ccc(C(CC(=O)c2ccc3ccccc3c2)C(C#N)c2cccc3ccccc23)cc1. The molecule has 0 amide bonds. The predicted molar refractivity (Wildman–Crippen MR) is 141 cm³/mol. The smallest absolute Gasteiger partial charge is 0.163 e. The number of nitrogens with zero attached hydrogens (tertiary/aromatic N) is 1. The van der Waals surface area contributed by atoms with Gasteiger partial charge in [-0.2, -0.15) is 5.26 Å². The number of carbonyl (C=O) groups is 1. The Morgan fingerprint density at radius 1 is 0.800 bits per heavy atom. The Morgan fingerprint density at radius 3 is 2.23 bits per heavy atom. The Balaban J connectivity index is 1.57. The summed E-state index contributed by atoms with van der Waals surface area (Å²) in [4.78, 5) is 13.6. The van der Waals surface area contributed by atoms with Gasteiger partial charge in [0.15, 0.2) is 5.78 Å². The molecule has 2 atom stereocenters. The first-order chi connectivity index (χ1) is 17.2. The van der Waals surface area contributed by atoms with E-state index in [0.717, 1.165) is 38.4 Å². The summed E-state index contributed by atoms with van der Waals surface area (Å²) >= 11 is 0. The summed E-state index contributed by atoms with van der Waals surface area (Å²) in [6, 6.07) is 38.2. The van der Waals surface area contributed by atoms with Crippen LogP contribution in [0.4, 0.5) is 0 Å².